The van der Waals surface area contributed by atoms with Crippen LogP contribution in [0.25, 0.3) is 0 Å². The Morgan fingerprint density at radius 3 is 2.70 bits per heavy atom. The second kappa shape index (κ2) is 5.37. The van der Waals surface area contributed by atoms with E-state index in [2.05, 4.69) is 15.9 Å². The number of nitrogens with zero attached hydrogens (tertiary/aromatic N) is 1. The average molecular weight is 344 g/mol. The molecule has 0 aromatic heterocycles. The van der Waals surface area contributed by atoms with E-state index in [-0.39, 0.29) is 24.0 Å². The minimum absolute atomic E-state index is 0.0115. The predicted molar refractivity (Wildman–Crippen MR) is 75.1 cm³/mol. The normalized spacial score (nSPS) is 17.3. The van der Waals surface area contributed by atoms with Crippen LogP contribution in [-0.4, -0.2) is 23.0 Å². The largest absolute Gasteiger partial charge is 0.490 e. The molecular weight excluding hydrogens is 330 g/mol. The van der Waals surface area contributed by atoms with Crippen LogP contribution in [0.1, 0.15) is 12.8 Å². The topological polar surface area (TPSA) is 121 Å². The predicted octanol–water partition coefficient (Wildman–Crippen LogP) is 1.33. The molecule has 1 aromatic carbocycles. The third kappa shape index (κ3) is 2.91. The minimum Gasteiger partial charge on any atom is -0.490 e. The van der Waals surface area contributed by atoms with Gasteiger partial charge in [-0.25, -0.2) is 0 Å². The average Bonchev–Trinajstić information content (AvgIpc) is 3.21. The SMILES string of the molecule is NC(=O)C(N)(COc1cc([N+](=O)[O-])ccc1Br)C1CC1. The van der Waals surface area contributed by atoms with Crippen molar-refractivity contribution in [1.82, 2.24) is 0 Å². The Labute approximate surface area is 123 Å². The maximum Gasteiger partial charge on any atom is 0.273 e. The highest BCUT2D eigenvalue weighted by molar-refractivity contribution is 9.10. The molecule has 1 unspecified atom stereocenters. The molecule has 7 nitrogen and oxygen atoms in total. The van der Waals surface area contributed by atoms with Gasteiger partial charge in [0.2, 0.25) is 5.91 Å². The van der Waals surface area contributed by atoms with Gasteiger partial charge < -0.3 is 16.2 Å². The fourth-order valence-corrected chi connectivity index (χ4v) is 2.26. The number of ether oxygens (including phenoxy) is 1. The number of hydrogen-bond acceptors (Lipinski definition) is 5. The zero-order valence-corrected chi connectivity index (χ0v) is 12.1. The molecule has 0 saturated heterocycles. The molecule has 1 atom stereocenters. The van der Waals surface area contributed by atoms with E-state index in [1.807, 2.05) is 0 Å². The summed E-state index contributed by atoms with van der Waals surface area (Å²) in [5, 5.41) is 10.7. The number of amides is 1. The van der Waals surface area contributed by atoms with E-state index in [4.69, 9.17) is 16.2 Å². The maximum absolute atomic E-state index is 11.5. The van der Waals surface area contributed by atoms with Crippen molar-refractivity contribution in [2.75, 3.05) is 6.61 Å². The molecule has 0 spiro atoms. The van der Waals surface area contributed by atoms with Gasteiger partial charge in [0.05, 0.1) is 15.5 Å². The molecular formula is C12H14BrN3O4. The summed E-state index contributed by atoms with van der Waals surface area (Å²) in [6, 6.07) is 4.13. The van der Waals surface area contributed by atoms with E-state index < -0.39 is 16.4 Å². The molecule has 0 aliphatic heterocycles. The van der Waals surface area contributed by atoms with Crippen molar-refractivity contribution in [1.29, 1.82) is 0 Å². The van der Waals surface area contributed by atoms with Gasteiger partial charge in [-0.15, -0.1) is 0 Å². The van der Waals surface area contributed by atoms with Gasteiger partial charge in [-0.3, -0.25) is 14.9 Å². The van der Waals surface area contributed by atoms with Crippen LogP contribution in [0.15, 0.2) is 22.7 Å². The molecule has 0 heterocycles. The lowest BCUT2D eigenvalue weighted by atomic mass is 9.95. The Bertz CT molecular complexity index is 562. The zero-order valence-electron chi connectivity index (χ0n) is 10.5. The second-order valence-corrected chi connectivity index (χ2v) is 5.69. The number of halogens is 1. The van der Waals surface area contributed by atoms with Crippen molar-refractivity contribution >= 4 is 27.5 Å². The van der Waals surface area contributed by atoms with E-state index in [1.165, 1.54) is 18.2 Å². The highest BCUT2D eigenvalue weighted by atomic mass is 79.9. The summed E-state index contributed by atoms with van der Waals surface area (Å²) in [7, 11) is 0. The summed E-state index contributed by atoms with van der Waals surface area (Å²) in [5.41, 5.74) is 9.99. The number of non-ortho nitro benzene ring substituents is 1. The number of benzene rings is 1. The lowest BCUT2D eigenvalue weighted by Crippen LogP contribution is -2.58. The van der Waals surface area contributed by atoms with Gasteiger partial charge in [0.1, 0.15) is 17.9 Å². The summed E-state index contributed by atoms with van der Waals surface area (Å²) in [4.78, 5) is 21.7. The maximum atomic E-state index is 11.5. The van der Waals surface area contributed by atoms with Crippen LogP contribution < -0.4 is 16.2 Å². The van der Waals surface area contributed by atoms with Gasteiger partial charge in [-0.1, -0.05) is 0 Å². The van der Waals surface area contributed by atoms with Crippen molar-refractivity contribution in [2.45, 2.75) is 18.4 Å². The van der Waals surface area contributed by atoms with E-state index in [9.17, 15) is 14.9 Å². The molecule has 1 fully saturated rings. The summed E-state index contributed by atoms with van der Waals surface area (Å²) < 4.78 is 6.03. The second-order valence-electron chi connectivity index (χ2n) is 4.84. The van der Waals surface area contributed by atoms with Gasteiger partial charge in [0.15, 0.2) is 0 Å². The molecule has 1 aromatic rings. The van der Waals surface area contributed by atoms with Gasteiger partial charge in [-0.2, -0.15) is 0 Å². The van der Waals surface area contributed by atoms with Gasteiger partial charge in [-0.05, 0) is 40.8 Å². The first kappa shape index (κ1) is 14.7. The van der Waals surface area contributed by atoms with Crippen LogP contribution in [-0.2, 0) is 4.79 Å². The smallest absolute Gasteiger partial charge is 0.273 e. The van der Waals surface area contributed by atoms with Crippen LogP contribution in [0, 0.1) is 16.0 Å². The Balaban J connectivity index is 2.15. The third-order valence-corrected chi connectivity index (χ3v) is 4.01. The van der Waals surface area contributed by atoms with Crippen LogP contribution >= 0.6 is 15.9 Å². The lowest BCUT2D eigenvalue weighted by molar-refractivity contribution is -0.385. The molecule has 8 heteroatoms. The number of rotatable bonds is 6. The molecule has 1 amide bonds. The van der Waals surface area contributed by atoms with Crippen LogP contribution in [0.5, 0.6) is 5.75 Å². The summed E-state index contributed by atoms with van der Waals surface area (Å²) in [6.07, 6.45) is 1.66. The first-order valence-electron chi connectivity index (χ1n) is 6.00. The van der Waals surface area contributed by atoms with E-state index in [0.717, 1.165) is 12.8 Å². The Kier molecular flexibility index (Phi) is 3.96. The van der Waals surface area contributed by atoms with Crippen molar-refractivity contribution in [3.63, 3.8) is 0 Å². The molecule has 4 N–H and O–H groups in total. The van der Waals surface area contributed by atoms with E-state index in [0.29, 0.717) is 4.47 Å². The number of carbonyl (C=O) groups is 1. The van der Waals surface area contributed by atoms with Crippen molar-refractivity contribution in [3.8, 4) is 5.75 Å². The van der Waals surface area contributed by atoms with Gasteiger partial charge >= 0.3 is 0 Å². The molecule has 20 heavy (non-hydrogen) atoms. The van der Waals surface area contributed by atoms with Crippen LogP contribution in [0.3, 0.4) is 0 Å². The Morgan fingerprint density at radius 2 is 2.20 bits per heavy atom. The summed E-state index contributed by atoms with van der Waals surface area (Å²) in [6.45, 7) is -0.104. The number of nitro benzene ring substituents is 1. The molecule has 0 radical (unpaired) electrons. The fourth-order valence-electron chi connectivity index (χ4n) is 1.90. The number of carbonyl (C=O) groups excluding carboxylic acids is 1. The molecule has 1 saturated carbocycles. The minimum atomic E-state index is -1.23. The van der Waals surface area contributed by atoms with Crippen molar-refractivity contribution in [2.24, 2.45) is 17.4 Å². The first-order chi connectivity index (χ1) is 9.34. The highest BCUT2D eigenvalue weighted by Crippen LogP contribution is 2.39. The Hall–Kier alpha value is -1.67. The molecule has 1 aliphatic rings. The van der Waals surface area contributed by atoms with Crippen LogP contribution in [0.2, 0.25) is 0 Å². The standard InChI is InChI=1S/C12H14BrN3O4/c13-9-4-3-8(16(18)19)5-10(9)20-6-12(15,11(14)17)7-1-2-7/h3-5,7H,1-2,6,15H2,(H2,14,17). The quantitative estimate of drug-likeness (QED) is 0.595. The summed E-state index contributed by atoms with van der Waals surface area (Å²) >= 11 is 3.23. The lowest BCUT2D eigenvalue weighted by Gasteiger charge is -2.25. The number of nitro groups is 1. The van der Waals surface area contributed by atoms with E-state index >= 15 is 0 Å². The number of primary amides is 1. The van der Waals surface area contributed by atoms with Gasteiger partial charge in [0.25, 0.3) is 5.69 Å². The number of hydrogen-bond donors (Lipinski definition) is 2. The van der Waals surface area contributed by atoms with Crippen molar-refractivity contribution in [3.05, 3.63) is 32.8 Å². The summed E-state index contributed by atoms with van der Waals surface area (Å²) in [5.74, 6) is -0.352. The molecule has 1 aliphatic carbocycles. The fraction of sp³-hybridized carbons (Fsp3) is 0.417. The van der Waals surface area contributed by atoms with E-state index in [1.54, 1.807) is 0 Å². The highest BCUT2D eigenvalue weighted by Gasteiger charge is 2.47. The monoisotopic (exact) mass is 343 g/mol. The van der Waals surface area contributed by atoms with Crippen molar-refractivity contribution < 1.29 is 14.5 Å². The number of nitrogens with two attached hydrogens (primary N) is 2. The Morgan fingerprint density at radius 1 is 1.55 bits per heavy atom. The molecule has 108 valence electrons. The van der Waals surface area contributed by atoms with Gasteiger partial charge in [0, 0.05) is 6.07 Å². The molecule has 2 rings (SSSR count). The third-order valence-electron chi connectivity index (χ3n) is 3.36. The van der Waals surface area contributed by atoms with Crippen LogP contribution in [0.4, 0.5) is 5.69 Å². The first-order valence-corrected chi connectivity index (χ1v) is 6.79. The zero-order chi connectivity index (χ0) is 14.9. The molecule has 0 bridgehead atoms.